The number of hydrogen-bond donors (Lipinski definition) is 2. The summed E-state index contributed by atoms with van der Waals surface area (Å²) in [5.41, 5.74) is 2.37. The number of sulfonamides is 1. The predicted octanol–water partition coefficient (Wildman–Crippen LogP) is 2.41. The molecule has 2 rings (SSSR count). The van der Waals surface area contributed by atoms with Crippen LogP contribution in [0.1, 0.15) is 11.3 Å². The van der Waals surface area contributed by atoms with Gasteiger partial charge in [-0.25, -0.2) is 8.42 Å². The minimum absolute atomic E-state index is 0.335. The fourth-order valence-electron chi connectivity index (χ4n) is 2.01. The summed E-state index contributed by atoms with van der Waals surface area (Å²) in [4.78, 5) is 11.9. The van der Waals surface area contributed by atoms with Crippen LogP contribution in [0.5, 0.6) is 0 Å². The van der Waals surface area contributed by atoms with Crippen molar-refractivity contribution < 1.29 is 13.2 Å². The number of carbonyl (C=O) groups is 1. The third-order valence-electron chi connectivity index (χ3n) is 3.05. The average Bonchev–Trinajstić information content (AvgIpc) is 2.71. The van der Waals surface area contributed by atoms with E-state index in [2.05, 4.69) is 15.1 Å². The molecule has 7 nitrogen and oxygen atoms in total. The standard InChI is InChI=1S/C15H17ClN4O3S/c1-10-13(15(16)20(2)18-10)8-9-14(21)17-11-4-6-12(7-5-11)19-24(3,22)23/h4-9,19H,1-3H3,(H,17,21)/b9-8+. The van der Waals surface area contributed by atoms with Crippen molar-refractivity contribution in [3.8, 4) is 0 Å². The molecule has 0 bridgehead atoms. The second-order valence-electron chi connectivity index (χ2n) is 5.19. The quantitative estimate of drug-likeness (QED) is 0.792. The molecule has 9 heteroatoms. The third kappa shape index (κ3) is 4.84. The Kier molecular flexibility index (Phi) is 5.30. The van der Waals surface area contributed by atoms with Gasteiger partial charge >= 0.3 is 0 Å². The molecule has 2 N–H and O–H groups in total. The molecule has 0 fully saturated rings. The van der Waals surface area contributed by atoms with Gasteiger partial charge in [0.1, 0.15) is 5.15 Å². The Morgan fingerprint density at radius 2 is 1.83 bits per heavy atom. The van der Waals surface area contributed by atoms with Crippen molar-refractivity contribution in [2.75, 3.05) is 16.3 Å². The second kappa shape index (κ2) is 7.06. The van der Waals surface area contributed by atoms with Gasteiger partial charge in [0, 0.05) is 30.1 Å². The van der Waals surface area contributed by atoms with Gasteiger partial charge in [-0.15, -0.1) is 0 Å². The second-order valence-corrected chi connectivity index (χ2v) is 7.29. The van der Waals surface area contributed by atoms with E-state index in [1.807, 2.05) is 0 Å². The molecular weight excluding hydrogens is 352 g/mol. The zero-order valence-electron chi connectivity index (χ0n) is 13.4. The highest BCUT2D eigenvalue weighted by Crippen LogP contribution is 2.20. The number of aromatic nitrogens is 2. The van der Waals surface area contributed by atoms with Gasteiger partial charge in [0.2, 0.25) is 15.9 Å². The number of hydrogen-bond acceptors (Lipinski definition) is 4. The molecule has 0 atom stereocenters. The van der Waals surface area contributed by atoms with E-state index >= 15 is 0 Å². The number of halogens is 1. The maximum Gasteiger partial charge on any atom is 0.248 e. The molecular formula is C15H17ClN4O3S. The van der Waals surface area contributed by atoms with Crippen LogP contribution < -0.4 is 10.0 Å². The lowest BCUT2D eigenvalue weighted by molar-refractivity contribution is -0.111. The van der Waals surface area contributed by atoms with Gasteiger partial charge in [0.15, 0.2) is 0 Å². The average molecular weight is 369 g/mol. The molecule has 0 aliphatic carbocycles. The number of anilines is 2. The Hall–Kier alpha value is -2.32. The summed E-state index contributed by atoms with van der Waals surface area (Å²) in [5.74, 6) is -0.335. The van der Waals surface area contributed by atoms with Gasteiger partial charge in [-0.3, -0.25) is 14.2 Å². The van der Waals surface area contributed by atoms with Crippen LogP contribution in [0.15, 0.2) is 30.3 Å². The molecule has 0 spiro atoms. The topological polar surface area (TPSA) is 93.1 Å². The fraction of sp³-hybridized carbons (Fsp3) is 0.200. The van der Waals surface area contributed by atoms with Crippen molar-refractivity contribution in [3.63, 3.8) is 0 Å². The van der Waals surface area contributed by atoms with Gasteiger partial charge in [-0.1, -0.05) is 11.6 Å². The molecule has 1 heterocycles. The van der Waals surface area contributed by atoms with Crippen molar-refractivity contribution in [3.05, 3.63) is 46.8 Å². The zero-order chi connectivity index (χ0) is 17.9. The third-order valence-corrected chi connectivity index (χ3v) is 4.11. The number of aryl methyl sites for hydroxylation is 2. The highest BCUT2D eigenvalue weighted by atomic mass is 35.5. The molecule has 0 saturated heterocycles. The minimum Gasteiger partial charge on any atom is -0.323 e. The van der Waals surface area contributed by atoms with E-state index in [1.54, 1.807) is 44.3 Å². The van der Waals surface area contributed by atoms with Crippen LogP contribution in [0.2, 0.25) is 5.15 Å². The molecule has 2 aromatic rings. The normalized spacial score (nSPS) is 11.7. The van der Waals surface area contributed by atoms with Crippen LogP contribution in [0.3, 0.4) is 0 Å². The molecule has 0 saturated carbocycles. The Morgan fingerprint density at radius 3 is 2.33 bits per heavy atom. The number of benzene rings is 1. The lowest BCUT2D eigenvalue weighted by atomic mass is 10.2. The first kappa shape index (κ1) is 18.0. The highest BCUT2D eigenvalue weighted by molar-refractivity contribution is 7.92. The first-order chi connectivity index (χ1) is 11.2. The summed E-state index contributed by atoms with van der Waals surface area (Å²) in [6, 6.07) is 6.31. The lowest BCUT2D eigenvalue weighted by Crippen LogP contribution is -2.10. The number of nitrogens with one attached hydrogen (secondary N) is 2. The summed E-state index contributed by atoms with van der Waals surface area (Å²) >= 11 is 6.09. The Balaban J connectivity index is 2.03. The molecule has 24 heavy (non-hydrogen) atoms. The zero-order valence-corrected chi connectivity index (χ0v) is 14.9. The maximum atomic E-state index is 11.9. The molecule has 1 aromatic carbocycles. The summed E-state index contributed by atoms with van der Waals surface area (Å²) in [6.45, 7) is 1.80. The monoisotopic (exact) mass is 368 g/mol. The van der Waals surface area contributed by atoms with Gasteiger partial charge in [0.05, 0.1) is 11.9 Å². The number of amides is 1. The van der Waals surface area contributed by atoms with Crippen molar-refractivity contribution in [1.29, 1.82) is 0 Å². The largest absolute Gasteiger partial charge is 0.323 e. The Labute approximate surface area is 145 Å². The molecule has 1 amide bonds. The predicted molar refractivity (Wildman–Crippen MR) is 95.5 cm³/mol. The Morgan fingerprint density at radius 1 is 1.25 bits per heavy atom. The SMILES string of the molecule is Cc1nn(C)c(Cl)c1/C=C/C(=O)Nc1ccc(NS(C)(=O)=O)cc1. The first-order valence-corrected chi connectivity index (χ1v) is 9.18. The molecule has 0 unspecified atom stereocenters. The summed E-state index contributed by atoms with van der Waals surface area (Å²) in [7, 11) is -1.61. The number of nitrogens with zero attached hydrogens (tertiary/aromatic N) is 2. The highest BCUT2D eigenvalue weighted by Gasteiger charge is 2.08. The molecule has 0 radical (unpaired) electrons. The van der Waals surface area contributed by atoms with Crippen molar-refractivity contribution in [1.82, 2.24) is 9.78 Å². The van der Waals surface area contributed by atoms with Crippen molar-refractivity contribution in [2.45, 2.75) is 6.92 Å². The molecule has 0 aliphatic heterocycles. The van der Waals surface area contributed by atoms with Gasteiger partial charge in [-0.2, -0.15) is 5.10 Å². The van der Waals surface area contributed by atoms with Crippen LogP contribution in [0, 0.1) is 6.92 Å². The van der Waals surface area contributed by atoms with Crippen LogP contribution in [0.4, 0.5) is 11.4 Å². The molecule has 1 aromatic heterocycles. The van der Waals surface area contributed by atoms with E-state index in [0.29, 0.717) is 22.1 Å². The summed E-state index contributed by atoms with van der Waals surface area (Å²) < 4.78 is 26.1. The van der Waals surface area contributed by atoms with E-state index in [1.165, 1.54) is 10.8 Å². The van der Waals surface area contributed by atoms with E-state index in [-0.39, 0.29) is 5.91 Å². The molecule has 128 valence electrons. The van der Waals surface area contributed by atoms with E-state index in [4.69, 9.17) is 11.6 Å². The summed E-state index contributed by atoms with van der Waals surface area (Å²) in [5, 5.41) is 7.28. The van der Waals surface area contributed by atoms with Gasteiger partial charge in [-0.05, 0) is 37.3 Å². The van der Waals surface area contributed by atoms with E-state index in [9.17, 15) is 13.2 Å². The van der Waals surface area contributed by atoms with Crippen LogP contribution in [-0.4, -0.2) is 30.4 Å². The van der Waals surface area contributed by atoms with Crippen molar-refractivity contribution >= 4 is 45.0 Å². The smallest absolute Gasteiger partial charge is 0.248 e. The minimum atomic E-state index is -3.33. The van der Waals surface area contributed by atoms with E-state index in [0.717, 1.165) is 11.9 Å². The van der Waals surface area contributed by atoms with E-state index < -0.39 is 10.0 Å². The van der Waals surface area contributed by atoms with Gasteiger partial charge < -0.3 is 5.32 Å². The van der Waals surface area contributed by atoms with Crippen LogP contribution in [-0.2, 0) is 21.9 Å². The van der Waals surface area contributed by atoms with Gasteiger partial charge in [0.25, 0.3) is 0 Å². The van der Waals surface area contributed by atoms with Crippen LogP contribution in [0.25, 0.3) is 6.08 Å². The number of rotatable bonds is 5. The fourth-order valence-corrected chi connectivity index (χ4v) is 2.82. The summed E-state index contributed by atoms with van der Waals surface area (Å²) in [6.07, 6.45) is 4.02. The van der Waals surface area contributed by atoms with Crippen molar-refractivity contribution in [2.24, 2.45) is 7.05 Å². The lowest BCUT2D eigenvalue weighted by Gasteiger charge is -2.06. The number of carbonyl (C=O) groups excluding carboxylic acids is 1. The Bertz CT molecular complexity index is 886. The maximum absolute atomic E-state index is 11.9. The van der Waals surface area contributed by atoms with Crippen LogP contribution >= 0.6 is 11.6 Å². The molecule has 0 aliphatic rings. The first-order valence-electron chi connectivity index (χ1n) is 6.92.